The van der Waals surface area contributed by atoms with Crippen LogP contribution >= 0.6 is 0 Å². The number of nitrogens with zero attached hydrogens (tertiary/aromatic N) is 1. The number of hydrogen-bond donors (Lipinski definition) is 3. The highest BCUT2D eigenvalue weighted by molar-refractivity contribution is 5.98. The zero-order valence-electron chi connectivity index (χ0n) is 21.3. The van der Waals surface area contributed by atoms with Crippen LogP contribution in [0.2, 0.25) is 0 Å². The summed E-state index contributed by atoms with van der Waals surface area (Å²) in [6, 6.07) is 14.0. The van der Waals surface area contributed by atoms with Gasteiger partial charge in [-0.1, -0.05) is 31.4 Å². The number of fused-ring (bicyclic) bond motifs is 1. The molecule has 5 aliphatic carbocycles. The number of rotatable bonds is 5. The molecule has 5 saturated carbocycles. The van der Waals surface area contributed by atoms with Crippen molar-refractivity contribution in [2.45, 2.75) is 76.3 Å². The van der Waals surface area contributed by atoms with Gasteiger partial charge < -0.3 is 15.6 Å². The van der Waals surface area contributed by atoms with Gasteiger partial charge in [0, 0.05) is 28.8 Å². The maximum absolute atomic E-state index is 13.2. The summed E-state index contributed by atoms with van der Waals surface area (Å²) < 4.78 is 0. The van der Waals surface area contributed by atoms with Crippen LogP contribution in [0.15, 0.2) is 42.5 Å². The molecular weight excluding hydrogens is 460 g/mol. The molecule has 1 heterocycles. The van der Waals surface area contributed by atoms with Gasteiger partial charge in [-0.2, -0.15) is 0 Å². The van der Waals surface area contributed by atoms with Gasteiger partial charge in [0.2, 0.25) is 0 Å². The summed E-state index contributed by atoms with van der Waals surface area (Å²) in [5.74, 6) is 3.90. The zero-order valence-corrected chi connectivity index (χ0v) is 21.3. The minimum absolute atomic E-state index is 0.00200. The molecule has 5 aliphatic rings. The van der Waals surface area contributed by atoms with E-state index in [9.17, 15) is 9.59 Å². The summed E-state index contributed by atoms with van der Waals surface area (Å²) in [6.45, 7) is 0. The Balaban J connectivity index is 1.04. The van der Waals surface area contributed by atoms with E-state index in [1.165, 1.54) is 51.4 Å². The Hall–Kier alpha value is -3.15. The lowest BCUT2D eigenvalue weighted by molar-refractivity contribution is -0.0119. The minimum Gasteiger partial charge on any atom is -0.349 e. The summed E-state index contributed by atoms with van der Waals surface area (Å²) in [4.78, 5) is 34.0. The van der Waals surface area contributed by atoms with Gasteiger partial charge in [-0.05, 0) is 98.9 Å². The molecule has 4 bridgehead atoms. The van der Waals surface area contributed by atoms with E-state index in [1.54, 1.807) is 0 Å². The molecule has 8 rings (SSSR count). The van der Waals surface area contributed by atoms with E-state index in [-0.39, 0.29) is 11.8 Å². The fourth-order valence-electron chi connectivity index (χ4n) is 7.98. The molecule has 1 aromatic heterocycles. The average Bonchev–Trinajstić information content (AvgIpc) is 3.34. The van der Waals surface area contributed by atoms with Crippen LogP contribution in [0.25, 0.3) is 22.4 Å². The Morgan fingerprint density at radius 3 is 2.11 bits per heavy atom. The van der Waals surface area contributed by atoms with E-state index in [0.29, 0.717) is 35.0 Å². The predicted octanol–water partition coefficient (Wildman–Crippen LogP) is 5.85. The Morgan fingerprint density at radius 1 is 0.757 bits per heavy atom. The molecule has 2 aromatic carbocycles. The van der Waals surface area contributed by atoms with Crippen molar-refractivity contribution in [1.29, 1.82) is 0 Å². The Morgan fingerprint density at radius 2 is 1.41 bits per heavy atom. The quantitative estimate of drug-likeness (QED) is 0.414. The van der Waals surface area contributed by atoms with Crippen LogP contribution in [-0.4, -0.2) is 33.9 Å². The van der Waals surface area contributed by atoms with Gasteiger partial charge in [-0.25, -0.2) is 4.98 Å². The summed E-state index contributed by atoms with van der Waals surface area (Å²) in [5.41, 5.74) is 3.97. The Bertz CT molecular complexity index is 1290. The molecule has 5 fully saturated rings. The normalized spacial score (nSPS) is 28.9. The number of imidazole rings is 1. The summed E-state index contributed by atoms with van der Waals surface area (Å²) in [6.07, 6.45) is 12.4. The molecule has 0 saturated heterocycles. The first-order valence-electron chi connectivity index (χ1n) is 14.3. The highest BCUT2D eigenvalue weighted by Gasteiger charge is 2.48. The predicted molar refractivity (Wildman–Crippen MR) is 144 cm³/mol. The molecular formula is C31H36N4O2. The average molecular weight is 497 g/mol. The Labute approximate surface area is 218 Å². The standard InChI is InChI=1S/C31H36N4O2/c36-30(32-25-4-2-1-3-5-25)21-8-6-20(7-9-21)29-33-26-11-10-22(17-27(26)34-29)31(37)35-28-23-13-18-12-19(15-23)16-24(28)14-18/h6-11,17-19,23-25,28H,1-5,12-16H2,(H,32,36)(H,33,34)(H,35,37). The molecule has 0 unspecified atom stereocenters. The van der Waals surface area contributed by atoms with Gasteiger partial charge in [-0.3, -0.25) is 9.59 Å². The van der Waals surface area contributed by atoms with Crippen molar-refractivity contribution in [3.8, 4) is 11.4 Å². The van der Waals surface area contributed by atoms with E-state index in [0.717, 1.165) is 47.1 Å². The fraction of sp³-hybridized carbons (Fsp3) is 0.516. The van der Waals surface area contributed by atoms with Gasteiger partial charge in [0.1, 0.15) is 5.82 Å². The Kier molecular flexibility index (Phi) is 5.78. The highest BCUT2D eigenvalue weighted by Crippen LogP contribution is 2.53. The van der Waals surface area contributed by atoms with Gasteiger partial charge in [0.15, 0.2) is 0 Å². The van der Waals surface area contributed by atoms with Gasteiger partial charge >= 0.3 is 0 Å². The topological polar surface area (TPSA) is 86.9 Å². The number of benzene rings is 2. The van der Waals surface area contributed by atoms with Crippen LogP contribution in [0.5, 0.6) is 0 Å². The van der Waals surface area contributed by atoms with Crippen LogP contribution in [0.3, 0.4) is 0 Å². The van der Waals surface area contributed by atoms with Crippen LogP contribution < -0.4 is 10.6 Å². The maximum Gasteiger partial charge on any atom is 0.251 e. The van der Waals surface area contributed by atoms with Crippen LogP contribution in [0, 0.1) is 23.7 Å². The minimum atomic E-state index is -0.00200. The first-order chi connectivity index (χ1) is 18.1. The van der Waals surface area contributed by atoms with E-state index in [1.807, 2.05) is 42.5 Å². The van der Waals surface area contributed by atoms with Crippen molar-refractivity contribution in [2.24, 2.45) is 23.7 Å². The zero-order chi connectivity index (χ0) is 24.9. The molecule has 3 aromatic rings. The molecule has 192 valence electrons. The van der Waals surface area contributed by atoms with Crippen LogP contribution in [0.1, 0.15) is 84.9 Å². The molecule has 0 spiro atoms. The van der Waals surface area contributed by atoms with E-state index < -0.39 is 0 Å². The summed E-state index contributed by atoms with van der Waals surface area (Å²) in [7, 11) is 0. The van der Waals surface area contributed by atoms with Crippen molar-refractivity contribution in [2.75, 3.05) is 0 Å². The van der Waals surface area contributed by atoms with Gasteiger partial charge in [-0.15, -0.1) is 0 Å². The largest absolute Gasteiger partial charge is 0.349 e. The van der Waals surface area contributed by atoms with Gasteiger partial charge in [0.25, 0.3) is 11.8 Å². The first-order valence-corrected chi connectivity index (χ1v) is 14.3. The van der Waals surface area contributed by atoms with Crippen LogP contribution in [-0.2, 0) is 0 Å². The highest BCUT2D eigenvalue weighted by atomic mass is 16.2. The maximum atomic E-state index is 13.2. The molecule has 37 heavy (non-hydrogen) atoms. The second-order valence-corrected chi connectivity index (χ2v) is 12.1. The SMILES string of the molecule is O=C(NC1CCCCC1)c1ccc(-c2nc3ccc(C(=O)NC4C5CC6CC(C5)CC4C6)cc3[nH]2)cc1. The second kappa shape index (κ2) is 9.30. The third kappa shape index (κ3) is 4.45. The van der Waals surface area contributed by atoms with E-state index in [2.05, 4.69) is 15.6 Å². The van der Waals surface area contributed by atoms with E-state index in [4.69, 9.17) is 4.98 Å². The third-order valence-electron chi connectivity index (χ3n) is 9.63. The number of aromatic amines is 1. The van der Waals surface area contributed by atoms with Crippen molar-refractivity contribution in [3.63, 3.8) is 0 Å². The molecule has 3 N–H and O–H groups in total. The lowest BCUT2D eigenvalue weighted by Crippen LogP contribution is -2.55. The summed E-state index contributed by atoms with van der Waals surface area (Å²) in [5, 5.41) is 6.59. The first kappa shape index (κ1) is 23.0. The number of H-pyrrole nitrogens is 1. The summed E-state index contributed by atoms with van der Waals surface area (Å²) >= 11 is 0. The number of hydrogen-bond acceptors (Lipinski definition) is 3. The lowest BCUT2D eigenvalue weighted by Gasteiger charge is -2.54. The lowest BCUT2D eigenvalue weighted by atomic mass is 9.54. The number of amides is 2. The van der Waals surface area contributed by atoms with Gasteiger partial charge in [0.05, 0.1) is 11.0 Å². The molecule has 2 amide bonds. The number of carbonyl (C=O) groups excluding carboxylic acids is 2. The molecule has 6 nitrogen and oxygen atoms in total. The third-order valence-corrected chi connectivity index (χ3v) is 9.63. The number of carbonyl (C=O) groups is 2. The van der Waals surface area contributed by atoms with Crippen LogP contribution in [0.4, 0.5) is 0 Å². The molecule has 0 radical (unpaired) electrons. The number of nitrogens with one attached hydrogen (secondary N) is 3. The fourth-order valence-corrected chi connectivity index (χ4v) is 7.98. The molecule has 0 atom stereocenters. The molecule has 0 aliphatic heterocycles. The monoisotopic (exact) mass is 496 g/mol. The molecule has 6 heteroatoms. The van der Waals surface area contributed by atoms with E-state index >= 15 is 0 Å². The van der Waals surface area contributed by atoms with Crippen molar-refractivity contribution < 1.29 is 9.59 Å². The second-order valence-electron chi connectivity index (χ2n) is 12.1. The number of aromatic nitrogens is 2. The van der Waals surface area contributed by atoms with Crippen molar-refractivity contribution in [3.05, 3.63) is 53.6 Å². The van der Waals surface area contributed by atoms with Crippen molar-refractivity contribution in [1.82, 2.24) is 20.6 Å². The smallest absolute Gasteiger partial charge is 0.251 e. The van der Waals surface area contributed by atoms with Crippen molar-refractivity contribution >= 4 is 22.8 Å².